The third-order valence-electron chi connectivity index (χ3n) is 4.67. The number of para-hydroxylation sites is 2. The Morgan fingerprint density at radius 3 is 2.83 bits per heavy atom. The minimum absolute atomic E-state index is 0.186. The van der Waals surface area contributed by atoms with Gasteiger partial charge in [0.15, 0.2) is 22.2 Å². The highest BCUT2D eigenvalue weighted by Crippen LogP contribution is 2.35. The van der Waals surface area contributed by atoms with Gasteiger partial charge in [0.25, 0.3) is 5.91 Å². The van der Waals surface area contributed by atoms with Gasteiger partial charge in [0.2, 0.25) is 0 Å². The van der Waals surface area contributed by atoms with Crippen LogP contribution in [0.3, 0.4) is 0 Å². The van der Waals surface area contributed by atoms with Crippen LogP contribution in [0.2, 0.25) is 5.02 Å². The molecule has 0 N–H and O–H groups in total. The number of hydrogen-bond acceptors (Lipinski definition) is 6. The molecule has 3 aromatic heterocycles. The van der Waals surface area contributed by atoms with E-state index in [0.717, 1.165) is 10.1 Å². The number of nitrogens with zero attached hydrogens (tertiary/aromatic N) is 2. The second-order valence-electron chi connectivity index (χ2n) is 6.54. The van der Waals surface area contributed by atoms with Crippen LogP contribution < -0.4 is 9.64 Å². The monoisotopic (exact) mass is 438 g/mol. The fourth-order valence-electron chi connectivity index (χ4n) is 3.24. The van der Waals surface area contributed by atoms with Crippen molar-refractivity contribution in [1.82, 2.24) is 4.98 Å². The van der Waals surface area contributed by atoms with Crippen LogP contribution >= 0.6 is 22.9 Å². The van der Waals surface area contributed by atoms with E-state index in [4.69, 9.17) is 25.2 Å². The number of carbonyl (C=O) groups excluding carboxylic acids is 1. The van der Waals surface area contributed by atoms with Crippen molar-refractivity contribution in [3.8, 4) is 5.75 Å². The summed E-state index contributed by atoms with van der Waals surface area (Å²) in [6, 6.07) is 16.3. The predicted octanol–water partition coefficient (Wildman–Crippen LogP) is 6.14. The third-order valence-corrected chi connectivity index (χ3v) is 6.02. The molecule has 0 aliphatic heterocycles. The van der Waals surface area contributed by atoms with Gasteiger partial charge in [-0.3, -0.25) is 9.69 Å². The molecular weight excluding hydrogens is 424 g/mol. The van der Waals surface area contributed by atoms with Gasteiger partial charge in [-0.05, 0) is 36.4 Å². The lowest BCUT2D eigenvalue weighted by atomic mass is 10.2. The van der Waals surface area contributed by atoms with E-state index in [2.05, 4.69) is 4.98 Å². The van der Waals surface area contributed by atoms with Crippen molar-refractivity contribution >= 4 is 55.2 Å². The van der Waals surface area contributed by atoms with Crippen LogP contribution in [0.15, 0.2) is 69.7 Å². The molecule has 0 spiro atoms. The Morgan fingerprint density at radius 2 is 2.07 bits per heavy atom. The Kier molecular flexibility index (Phi) is 4.69. The number of carbonyl (C=O) groups is 1. The van der Waals surface area contributed by atoms with Crippen molar-refractivity contribution in [3.05, 3.63) is 77.4 Å². The topological polar surface area (TPSA) is 68.7 Å². The number of ether oxygens (including phenoxy) is 1. The third kappa shape index (κ3) is 3.22. The highest BCUT2D eigenvalue weighted by molar-refractivity contribution is 7.22. The van der Waals surface area contributed by atoms with E-state index in [1.54, 1.807) is 37.6 Å². The average Bonchev–Trinajstić information content (AvgIpc) is 3.50. The Morgan fingerprint density at radius 1 is 1.20 bits per heavy atom. The summed E-state index contributed by atoms with van der Waals surface area (Å²) in [5, 5.41) is 1.82. The Labute approximate surface area is 180 Å². The summed E-state index contributed by atoms with van der Waals surface area (Å²) in [6.45, 7) is 0.206. The van der Waals surface area contributed by atoms with E-state index in [1.807, 2.05) is 30.3 Å². The number of hydrogen-bond donors (Lipinski definition) is 0. The molecule has 8 heteroatoms. The van der Waals surface area contributed by atoms with Crippen LogP contribution in [-0.2, 0) is 6.54 Å². The zero-order valence-electron chi connectivity index (χ0n) is 15.8. The SMILES string of the molecule is COc1cccc2cc(C(=O)N(Cc3ccco3)c3nc4c(Cl)cccc4s3)oc12. The number of benzene rings is 2. The second kappa shape index (κ2) is 7.51. The Hall–Kier alpha value is -3.29. The van der Waals surface area contributed by atoms with Crippen molar-refractivity contribution in [1.29, 1.82) is 0 Å². The van der Waals surface area contributed by atoms with E-state index in [9.17, 15) is 4.79 Å². The van der Waals surface area contributed by atoms with Gasteiger partial charge in [0, 0.05) is 5.39 Å². The average molecular weight is 439 g/mol. The first-order chi connectivity index (χ1) is 14.6. The quantitative estimate of drug-likeness (QED) is 0.329. The number of amides is 1. The number of anilines is 1. The molecule has 0 saturated carbocycles. The molecular formula is C22H15ClN2O4S. The number of furan rings is 2. The van der Waals surface area contributed by atoms with Gasteiger partial charge in [0.05, 0.1) is 29.6 Å². The van der Waals surface area contributed by atoms with Gasteiger partial charge >= 0.3 is 0 Å². The molecule has 0 saturated heterocycles. The van der Waals surface area contributed by atoms with Gasteiger partial charge in [0.1, 0.15) is 11.3 Å². The summed E-state index contributed by atoms with van der Waals surface area (Å²) in [4.78, 5) is 19.6. The maximum absolute atomic E-state index is 13.5. The maximum Gasteiger partial charge on any atom is 0.296 e. The van der Waals surface area contributed by atoms with Crippen LogP contribution in [0.25, 0.3) is 21.2 Å². The molecule has 0 aliphatic rings. The molecule has 3 heterocycles. The summed E-state index contributed by atoms with van der Waals surface area (Å²) in [6.07, 6.45) is 1.57. The molecule has 0 aliphatic carbocycles. The Balaban J connectivity index is 1.60. The van der Waals surface area contributed by atoms with Crippen molar-refractivity contribution in [2.75, 3.05) is 12.0 Å². The smallest absolute Gasteiger partial charge is 0.296 e. The maximum atomic E-state index is 13.5. The van der Waals surface area contributed by atoms with E-state index >= 15 is 0 Å². The lowest BCUT2D eigenvalue weighted by Gasteiger charge is -2.17. The number of methoxy groups -OCH3 is 1. The standard InChI is InChI=1S/C22H15ClN2O4S/c1-27-16-8-2-5-13-11-17(29-20(13)16)21(26)25(12-14-6-4-10-28-14)22-24-19-15(23)7-3-9-18(19)30-22/h2-11H,12H2,1H3. The largest absolute Gasteiger partial charge is 0.493 e. The van der Waals surface area contributed by atoms with Crippen LogP contribution in [0.4, 0.5) is 5.13 Å². The number of halogens is 1. The molecule has 5 rings (SSSR count). The number of aromatic nitrogens is 1. The molecule has 150 valence electrons. The van der Waals surface area contributed by atoms with Gasteiger partial charge in [-0.15, -0.1) is 0 Å². The predicted molar refractivity (Wildman–Crippen MR) is 117 cm³/mol. The van der Waals surface area contributed by atoms with Crippen molar-refractivity contribution in [3.63, 3.8) is 0 Å². The van der Waals surface area contributed by atoms with E-state index in [0.29, 0.717) is 32.8 Å². The number of thiazole rings is 1. The number of rotatable bonds is 5. The fourth-order valence-corrected chi connectivity index (χ4v) is 4.50. The minimum atomic E-state index is -0.333. The molecule has 0 radical (unpaired) electrons. The van der Waals surface area contributed by atoms with Gasteiger partial charge < -0.3 is 13.6 Å². The van der Waals surface area contributed by atoms with Crippen LogP contribution in [-0.4, -0.2) is 18.0 Å². The van der Waals surface area contributed by atoms with Crippen LogP contribution in [0, 0.1) is 0 Å². The van der Waals surface area contributed by atoms with Gasteiger partial charge in [-0.25, -0.2) is 4.98 Å². The first kappa shape index (κ1) is 18.7. The summed E-state index contributed by atoms with van der Waals surface area (Å²) >= 11 is 7.67. The Bertz CT molecular complexity index is 1360. The molecule has 0 unspecified atom stereocenters. The molecule has 5 aromatic rings. The van der Waals surface area contributed by atoms with Crippen molar-refractivity contribution in [2.45, 2.75) is 6.54 Å². The van der Waals surface area contributed by atoms with Crippen LogP contribution in [0.1, 0.15) is 16.3 Å². The molecule has 0 bridgehead atoms. The normalized spacial score (nSPS) is 11.3. The zero-order chi connectivity index (χ0) is 20.7. The van der Waals surface area contributed by atoms with Crippen molar-refractivity contribution < 1.29 is 18.4 Å². The van der Waals surface area contributed by atoms with E-state index < -0.39 is 0 Å². The van der Waals surface area contributed by atoms with Crippen LogP contribution in [0.5, 0.6) is 5.75 Å². The van der Waals surface area contributed by atoms with E-state index in [-0.39, 0.29) is 18.2 Å². The lowest BCUT2D eigenvalue weighted by molar-refractivity contribution is 0.0958. The summed E-state index contributed by atoms with van der Waals surface area (Å²) in [5.41, 5.74) is 1.18. The molecule has 0 atom stereocenters. The molecule has 2 aromatic carbocycles. The molecule has 0 fully saturated rings. The minimum Gasteiger partial charge on any atom is -0.493 e. The van der Waals surface area contributed by atoms with Gasteiger partial charge in [-0.2, -0.15) is 0 Å². The van der Waals surface area contributed by atoms with Crippen molar-refractivity contribution in [2.24, 2.45) is 0 Å². The second-order valence-corrected chi connectivity index (χ2v) is 7.96. The summed E-state index contributed by atoms with van der Waals surface area (Å²) in [7, 11) is 1.56. The molecule has 6 nitrogen and oxygen atoms in total. The number of fused-ring (bicyclic) bond motifs is 2. The summed E-state index contributed by atoms with van der Waals surface area (Å²) < 4.78 is 17.6. The van der Waals surface area contributed by atoms with Gasteiger partial charge in [-0.1, -0.05) is 41.1 Å². The highest BCUT2D eigenvalue weighted by Gasteiger charge is 2.26. The first-order valence-electron chi connectivity index (χ1n) is 9.10. The first-order valence-corrected chi connectivity index (χ1v) is 10.3. The molecule has 1 amide bonds. The highest BCUT2D eigenvalue weighted by atomic mass is 35.5. The van der Waals surface area contributed by atoms with E-state index in [1.165, 1.54) is 16.2 Å². The zero-order valence-corrected chi connectivity index (χ0v) is 17.4. The fraction of sp³-hybridized carbons (Fsp3) is 0.0909. The molecule has 30 heavy (non-hydrogen) atoms. The lowest BCUT2D eigenvalue weighted by Crippen LogP contribution is -2.29. The summed E-state index contributed by atoms with van der Waals surface area (Å²) in [5.74, 6) is 1.05.